The topological polar surface area (TPSA) is 107 Å². The Labute approximate surface area is 192 Å². The average Bonchev–Trinajstić information content (AvgIpc) is 2.74. The van der Waals surface area contributed by atoms with Crippen LogP contribution in [0.3, 0.4) is 0 Å². The fraction of sp³-hybridized carbons (Fsp3) is 0.0833. The summed E-state index contributed by atoms with van der Waals surface area (Å²) in [6.07, 6.45) is 1.51. The molecule has 0 aliphatic carbocycles. The van der Waals surface area contributed by atoms with Gasteiger partial charge in [0, 0.05) is 36.6 Å². The number of esters is 2. The van der Waals surface area contributed by atoms with Crippen molar-refractivity contribution in [1.29, 1.82) is 0 Å². The molecule has 33 heavy (non-hydrogen) atoms. The Morgan fingerprint density at radius 3 is 2.45 bits per heavy atom. The number of carbonyl (C=O) groups excluding carboxylic acids is 2. The number of hydrogen-bond donors (Lipinski definition) is 1. The van der Waals surface area contributed by atoms with Crippen molar-refractivity contribution in [1.82, 2.24) is 0 Å². The minimum atomic E-state index is -0.634. The van der Waals surface area contributed by atoms with E-state index in [4.69, 9.17) is 25.5 Å². The highest BCUT2D eigenvalue weighted by Crippen LogP contribution is 2.32. The smallest absolute Gasteiger partial charge is 0.308 e. The first-order valence-electron chi connectivity index (χ1n) is 9.77. The number of carbonyl (C=O) groups is 2. The molecule has 1 heterocycles. The van der Waals surface area contributed by atoms with Gasteiger partial charge < -0.3 is 13.9 Å². The largest absolute Gasteiger partial charge is 0.455 e. The van der Waals surface area contributed by atoms with Crippen LogP contribution in [0.1, 0.15) is 19.4 Å². The fourth-order valence-corrected chi connectivity index (χ4v) is 3.35. The van der Waals surface area contributed by atoms with Crippen LogP contribution >= 0.6 is 11.6 Å². The summed E-state index contributed by atoms with van der Waals surface area (Å²) in [7, 11) is 0. The van der Waals surface area contributed by atoms with Gasteiger partial charge in [-0.25, -0.2) is 0 Å². The lowest BCUT2D eigenvalue weighted by atomic mass is 10.1. The summed E-state index contributed by atoms with van der Waals surface area (Å²) in [5.41, 5.74) is 4.08. The predicted molar refractivity (Wildman–Crippen MR) is 125 cm³/mol. The van der Waals surface area contributed by atoms with Gasteiger partial charge in [-0.15, -0.1) is 0 Å². The molecular formula is C24H17ClN2O6. The molecule has 0 spiro atoms. The third-order valence-electron chi connectivity index (χ3n) is 4.53. The molecule has 4 rings (SSSR count). The van der Waals surface area contributed by atoms with Gasteiger partial charge >= 0.3 is 11.9 Å². The second-order valence-corrected chi connectivity index (χ2v) is 7.45. The van der Waals surface area contributed by atoms with Gasteiger partial charge in [-0.3, -0.25) is 19.8 Å². The van der Waals surface area contributed by atoms with Crippen molar-refractivity contribution >= 4 is 57.4 Å². The van der Waals surface area contributed by atoms with Gasteiger partial charge in [0.1, 0.15) is 28.1 Å². The molecule has 1 N–H and O–H groups in total. The van der Waals surface area contributed by atoms with E-state index >= 15 is 0 Å². The molecule has 3 aromatic carbocycles. The Morgan fingerprint density at radius 1 is 1.03 bits per heavy atom. The molecule has 0 unspecified atom stereocenters. The van der Waals surface area contributed by atoms with Crippen LogP contribution in [0.5, 0.6) is 11.5 Å². The van der Waals surface area contributed by atoms with E-state index in [2.05, 4.69) is 10.5 Å². The second-order valence-electron chi connectivity index (χ2n) is 7.01. The Hall–Kier alpha value is -4.17. The highest BCUT2D eigenvalue weighted by Gasteiger charge is 2.18. The molecule has 0 saturated heterocycles. The van der Waals surface area contributed by atoms with Crippen LogP contribution < -0.4 is 20.3 Å². The molecule has 4 aromatic rings. The predicted octanol–water partition coefficient (Wildman–Crippen LogP) is 4.90. The minimum absolute atomic E-state index is 0.0574. The summed E-state index contributed by atoms with van der Waals surface area (Å²) in [5.74, 6) is -1.20. The zero-order chi connectivity index (χ0) is 23.5. The van der Waals surface area contributed by atoms with Crippen molar-refractivity contribution in [3.63, 3.8) is 0 Å². The van der Waals surface area contributed by atoms with Gasteiger partial charge in [0.05, 0.1) is 17.3 Å². The number of nitrogens with one attached hydrogen (secondary N) is 1. The quantitative estimate of drug-likeness (QED) is 0.147. The van der Waals surface area contributed by atoms with E-state index in [1.807, 2.05) is 0 Å². The van der Waals surface area contributed by atoms with Crippen molar-refractivity contribution < 1.29 is 23.5 Å². The normalized spacial score (nSPS) is 11.1. The number of benzene rings is 3. The number of hydrogen-bond acceptors (Lipinski definition) is 8. The van der Waals surface area contributed by atoms with E-state index in [1.54, 1.807) is 42.5 Å². The number of anilines is 1. The van der Waals surface area contributed by atoms with Crippen molar-refractivity contribution in [2.24, 2.45) is 5.10 Å². The molecule has 1 aromatic heterocycles. The molecule has 8 nitrogen and oxygen atoms in total. The molecule has 0 amide bonds. The Kier molecular flexibility index (Phi) is 6.10. The number of para-hydroxylation sites is 1. The van der Waals surface area contributed by atoms with E-state index in [0.29, 0.717) is 10.6 Å². The zero-order valence-electron chi connectivity index (χ0n) is 17.5. The minimum Gasteiger partial charge on any atom is -0.455 e. The van der Waals surface area contributed by atoms with Crippen LogP contribution in [0.4, 0.5) is 5.69 Å². The first kappa shape index (κ1) is 22.0. The van der Waals surface area contributed by atoms with Gasteiger partial charge in [0.25, 0.3) is 0 Å². The summed E-state index contributed by atoms with van der Waals surface area (Å²) >= 11 is 5.88. The van der Waals surface area contributed by atoms with Gasteiger partial charge in [0.15, 0.2) is 0 Å². The highest BCUT2D eigenvalue weighted by atomic mass is 35.5. The Balaban J connectivity index is 1.84. The summed E-state index contributed by atoms with van der Waals surface area (Å²) in [5, 5.41) is 5.13. The van der Waals surface area contributed by atoms with Crippen LogP contribution in [0.2, 0.25) is 5.02 Å². The number of ether oxygens (including phenoxy) is 2. The van der Waals surface area contributed by atoms with Crippen molar-refractivity contribution in [2.75, 3.05) is 5.43 Å². The highest BCUT2D eigenvalue weighted by molar-refractivity contribution is 6.30. The van der Waals surface area contributed by atoms with Crippen LogP contribution in [0.15, 0.2) is 68.9 Å². The zero-order valence-corrected chi connectivity index (χ0v) is 18.3. The van der Waals surface area contributed by atoms with E-state index < -0.39 is 17.4 Å². The van der Waals surface area contributed by atoms with Crippen LogP contribution in [0, 0.1) is 0 Å². The number of fused-ring (bicyclic) bond motifs is 2. The van der Waals surface area contributed by atoms with Gasteiger partial charge in [-0.1, -0.05) is 17.7 Å². The first-order chi connectivity index (χ1) is 15.8. The van der Waals surface area contributed by atoms with E-state index in [9.17, 15) is 14.4 Å². The molecule has 0 fully saturated rings. The van der Waals surface area contributed by atoms with Gasteiger partial charge in [0.2, 0.25) is 5.43 Å². The maximum atomic E-state index is 13.3. The van der Waals surface area contributed by atoms with E-state index in [0.717, 1.165) is 5.69 Å². The van der Waals surface area contributed by atoms with Crippen LogP contribution in [-0.2, 0) is 9.59 Å². The number of rotatable bonds is 5. The standard InChI is InChI=1S/C24H17ClN2O6/c1-13(28)31-18-10-20(32-14(2)29)22-21(11-18)33-24-15(4-3-5-19(24)23(22)30)12-26-27-17-8-6-16(25)7-9-17/h3-12,27H,1-2H3/b26-12+. The molecule has 0 bridgehead atoms. The molecule has 0 saturated carbocycles. The Bertz CT molecular complexity index is 1470. The molecule has 0 atom stereocenters. The molecule has 166 valence electrons. The van der Waals surface area contributed by atoms with Crippen molar-refractivity contribution in [3.05, 3.63) is 75.4 Å². The fourth-order valence-electron chi connectivity index (χ4n) is 3.23. The van der Waals surface area contributed by atoms with E-state index in [-0.39, 0.29) is 33.4 Å². The lowest BCUT2D eigenvalue weighted by Gasteiger charge is -2.10. The van der Waals surface area contributed by atoms with E-state index in [1.165, 1.54) is 32.2 Å². The van der Waals surface area contributed by atoms with Crippen molar-refractivity contribution in [2.45, 2.75) is 13.8 Å². The number of hydrazone groups is 1. The lowest BCUT2D eigenvalue weighted by molar-refractivity contribution is -0.132. The third-order valence-corrected chi connectivity index (χ3v) is 4.78. The van der Waals surface area contributed by atoms with Gasteiger partial charge in [-0.2, -0.15) is 5.10 Å². The van der Waals surface area contributed by atoms with Gasteiger partial charge in [-0.05, 0) is 36.4 Å². The SMILES string of the molecule is CC(=O)Oc1cc(OC(C)=O)c2c(=O)c3cccc(/C=N/Nc4ccc(Cl)cc4)c3oc2c1. The average molecular weight is 465 g/mol. The molecule has 0 aliphatic heterocycles. The summed E-state index contributed by atoms with van der Waals surface area (Å²) in [6, 6.07) is 14.7. The number of nitrogens with zero attached hydrogens (tertiary/aromatic N) is 1. The maximum Gasteiger partial charge on any atom is 0.308 e. The molecule has 9 heteroatoms. The Morgan fingerprint density at radius 2 is 1.76 bits per heavy atom. The van der Waals surface area contributed by atoms with Crippen LogP contribution in [0.25, 0.3) is 21.9 Å². The summed E-state index contributed by atoms with van der Waals surface area (Å²) in [4.78, 5) is 36.3. The monoisotopic (exact) mass is 464 g/mol. The third kappa shape index (κ3) is 4.86. The molecule has 0 radical (unpaired) electrons. The summed E-state index contributed by atoms with van der Waals surface area (Å²) in [6.45, 7) is 2.43. The first-order valence-corrected chi connectivity index (χ1v) is 10.1. The number of halogens is 1. The summed E-state index contributed by atoms with van der Waals surface area (Å²) < 4.78 is 16.3. The molecule has 0 aliphatic rings. The lowest BCUT2D eigenvalue weighted by Crippen LogP contribution is -2.10. The van der Waals surface area contributed by atoms with Crippen LogP contribution in [-0.4, -0.2) is 18.2 Å². The maximum absolute atomic E-state index is 13.3. The molecular weight excluding hydrogens is 448 g/mol. The van der Waals surface area contributed by atoms with Crippen molar-refractivity contribution in [3.8, 4) is 11.5 Å². The second kappa shape index (κ2) is 9.13.